The standard InChI is InChI=1S/C25H29N5O2/c1-32-20-4-5-23-22(14-20)21(6-10-26-23)24(31)16-30-11-7-18(8-12-30)28-15-19-13-17-3-2-9-27-25(17)29-19/h2-6,9-10,13-14,18,24,28,31H,7-8,11-12,15-16H2,1H3,(H,27,29). The second kappa shape index (κ2) is 9.24. The normalized spacial score (nSPS) is 16.6. The molecule has 7 nitrogen and oxygen atoms in total. The number of fused-ring (bicyclic) bond motifs is 2. The molecule has 0 aliphatic carbocycles. The van der Waals surface area contributed by atoms with E-state index in [1.165, 1.54) is 0 Å². The van der Waals surface area contributed by atoms with Crippen LogP contribution in [0.3, 0.4) is 0 Å². The summed E-state index contributed by atoms with van der Waals surface area (Å²) in [6.07, 6.45) is 5.15. The molecule has 1 atom stereocenters. The summed E-state index contributed by atoms with van der Waals surface area (Å²) in [7, 11) is 1.65. The lowest BCUT2D eigenvalue weighted by Gasteiger charge is -2.33. The van der Waals surface area contributed by atoms with E-state index in [9.17, 15) is 5.11 Å². The minimum Gasteiger partial charge on any atom is -0.497 e. The Bertz CT molecular complexity index is 1170. The molecule has 3 N–H and O–H groups in total. The quantitative estimate of drug-likeness (QED) is 0.416. The molecule has 166 valence electrons. The molecule has 0 saturated carbocycles. The number of aliphatic hydroxyl groups is 1. The van der Waals surface area contributed by atoms with E-state index in [0.29, 0.717) is 12.6 Å². The fourth-order valence-electron chi connectivity index (χ4n) is 4.59. The van der Waals surface area contributed by atoms with E-state index in [4.69, 9.17) is 4.74 Å². The number of nitrogens with one attached hydrogen (secondary N) is 2. The number of β-amino-alcohol motifs (C(OH)–C–C–N with tert-alkyl or cyclic N) is 1. The minimum absolute atomic E-state index is 0.480. The van der Waals surface area contributed by atoms with Gasteiger partial charge < -0.3 is 25.0 Å². The van der Waals surface area contributed by atoms with Crippen LogP contribution < -0.4 is 10.1 Å². The van der Waals surface area contributed by atoms with Gasteiger partial charge in [-0.3, -0.25) is 4.98 Å². The molecule has 0 radical (unpaired) electrons. The number of hydrogen-bond donors (Lipinski definition) is 3. The Morgan fingerprint density at radius 2 is 2.03 bits per heavy atom. The first-order valence-corrected chi connectivity index (χ1v) is 11.2. The van der Waals surface area contributed by atoms with Crippen molar-refractivity contribution in [2.24, 2.45) is 0 Å². The Morgan fingerprint density at radius 3 is 2.84 bits per heavy atom. The molecule has 4 aromatic rings. The maximum Gasteiger partial charge on any atom is 0.137 e. The van der Waals surface area contributed by atoms with E-state index in [2.05, 4.69) is 37.3 Å². The summed E-state index contributed by atoms with van der Waals surface area (Å²) in [5.41, 5.74) is 3.88. The van der Waals surface area contributed by atoms with Crippen molar-refractivity contribution in [2.75, 3.05) is 26.7 Å². The van der Waals surface area contributed by atoms with Crippen molar-refractivity contribution >= 4 is 21.9 Å². The highest BCUT2D eigenvalue weighted by Crippen LogP contribution is 2.27. The molecule has 4 heterocycles. The van der Waals surface area contributed by atoms with Gasteiger partial charge in [-0.15, -0.1) is 0 Å². The van der Waals surface area contributed by atoms with Crippen molar-refractivity contribution in [1.29, 1.82) is 0 Å². The van der Waals surface area contributed by atoms with Gasteiger partial charge in [0.1, 0.15) is 11.4 Å². The largest absolute Gasteiger partial charge is 0.497 e. The Kier molecular flexibility index (Phi) is 6.03. The second-order valence-electron chi connectivity index (χ2n) is 8.49. The van der Waals surface area contributed by atoms with Gasteiger partial charge in [0.2, 0.25) is 0 Å². The number of benzene rings is 1. The van der Waals surface area contributed by atoms with E-state index in [-0.39, 0.29) is 0 Å². The molecule has 3 aromatic heterocycles. The third-order valence-electron chi connectivity index (χ3n) is 6.39. The van der Waals surface area contributed by atoms with Crippen LogP contribution in [0.15, 0.2) is 54.9 Å². The average molecular weight is 432 g/mol. The van der Waals surface area contributed by atoms with Gasteiger partial charge in [-0.05, 0) is 74.0 Å². The number of piperidine rings is 1. The fraction of sp³-hybridized carbons (Fsp3) is 0.360. The van der Waals surface area contributed by atoms with Crippen LogP contribution >= 0.6 is 0 Å². The highest BCUT2D eigenvalue weighted by molar-refractivity contribution is 5.83. The summed E-state index contributed by atoms with van der Waals surface area (Å²) in [6.45, 7) is 3.37. The molecular weight excluding hydrogens is 402 g/mol. The lowest BCUT2D eigenvalue weighted by molar-refractivity contribution is 0.0948. The Hall–Kier alpha value is -3.00. The van der Waals surface area contributed by atoms with Crippen LogP contribution in [0.4, 0.5) is 0 Å². The summed E-state index contributed by atoms with van der Waals surface area (Å²) in [5, 5.41) is 16.8. The average Bonchev–Trinajstić information content (AvgIpc) is 3.26. The highest BCUT2D eigenvalue weighted by atomic mass is 16.5. The van der Waals surface area contributed by atoms with E-state index in [1.807, 2.05) is 36.5 Å². The van der Waals surface area contributed by atoms with Gasteiger partial charge in [0.15, 0.2) is 0 Å². The van der Waals surface area contributed by atoms with Crippen molar-refractivity contribution in [3.05, 3.63) is 66.1 Å². The van der Waals surface area contributed by atoms with Gasteiger partial charge in [-0.25, -0.2) is 4.98 Å². The maximum absolute atomic E-state index is 11.0. The molecule has 1 aromatic carbocycles. The molecule has 32 heavy (non-hydrogen) atoms. The first-order chi connectivity index (χ1) is 15.7. The van der Waals surface area contributed by atoms with Gasteiger partial charge in [-0.2, -0.15) is 0 Å². The van der Waals surface area contributed by atoms with Crippen LogP contribution in [0, 0.1) is 0 Å². The molecule has 5 rings (SSSR count). The van der Waals surface area contributed by atoms with Crippen molar-refractivity contribution < 1.29 is 9.84 Å². The summed E-state index contributed by atoms with van der Waals surface area (Å²) in [6, 6.07) is 14.4. The third-order valence-corrected chi connectivity index (χ3v) is 6.39. The zero-order valence-electron chi connectivity index (χ0n) is 18.3. The molecule has 1 aliphatic rings. The van der Waals surface area contributed by atoms with Gasteiger partial charge in [0, 0.05) is 48.0 Å². The van der Waals surface area contributed by atoms with Crippen LogP contribution in [0.1, 0.15) is 30.2 Å². The van der Waals surface area contributed by atoms with Gasteiger partial charge >= 0.3 is 0 Å². The number of pyridine rings is 2. The number of likely N-dealkylation sites (tertiary alicyclic amines) is 1. The number of nitrogens with zero attached hydrogens (tertiary/aromatic N) is 3. The number of H-pyrrole nitrogens is 1. The van der Waals surface area contributed by atoms with Gasteiger partial charge in [0.05, 0.1) is 18.7 Å². The maximum atomic E-state index is 11.0. The zero-order chi connectivity index (χ0) is 21.9. The first-order valence-electron chi connectivity index (χ1n) is 11.2. The van der Waals surface area contributed by atoms with Crippen molar-refractivity contribution in [2.45, 2.75) is 31.5 Å². The zero-order valence-corrected chi connectivity index (χ0v) is 18.3. The molecule has 1 fully saturated rings. The van der Waals surface area contributed by atoms with E-state index in [1.54, 1.807) is 13.3 Å². The van der Waals surface area contributed by atoms with Crippen LogP contribution in [-0.4, -0.2) is 57.7 Å². The number of hydrogen-bond acceptors (Lipinski definition) is 6. The monoisotopic (exact) mass is 431 g/mol. The highest BCUT2D eigenvalue weighted by Gasteiger charge is 2.22. The van der Waals surface area contributed by atoms with Gasteiger partial charge in [0.25, 0.3) is 0 Å². The third kappa shape index (κ3) is 4.46. The lowest BCUT2D eigenvalue weighted by atomic mass is 10.0. The molecule has 0 bridgehead atoms. The second-order valence-corrected chi connectivity index (χ2v) is 8.49. The number of rotatable bonds is 7. The summed E-state index contributed by atoms with van der Waals surface area (Å²) < 4.78 is 5.36. The number of ether oxygens (including phenoxy) is 1. The molecule has 1 aliphatic heterocycles. The topological polar surface area (TPSA) is 86.3 Å². The number of aromatic nitrogens is 3. The molecular formula is C25H29N5O2. The molecule has 0 amide bonds. The van der Waals surface area contributed by atoms with Crippen molar-refractivity contribution in [1.82, 2.24) is 25.2 Å². The Labute approximate surface area is 187 Å². The van der Waals surface area contributed by atoms with Crippen LogP contribution in [0.2, 0.25) is 0 Å². The van der Waals surface area contributed by atoms with E-state index in [0.717, 1.165) is 71.4 Å². The predicted molar refractivity (Wildman–Crippen MR) is 126 cm³/mol. The summed E-state index contributed by atoms with van der Waals surface area (Å²) >= 11 is 0. The predicted octanol–water partition coefficient (Wildman–Crippen LogP) is 3.41. The van der Waals surface area contributed by atoms with E-state index < -0.39 is 6.10 Å². The fourth-order valence-corrected chi connectivity index (χ4v) is 4.59. The summed E-state index contributed by atoms with van der Waals surface area (Å²) in [5.74, 6) is 0.775. The van der Waals surface area contributed by atoms with Crippen LogP contribution in [-0.2, 0) is 6.54 Å². The van der Waals surface area contributed by atoms with Crippen LogP contribution in [0.5, 0.6) is 5.75 Å². The van der Waals surface area contributed by atoms with Gasteiger partial charge in [-0.1, -0.05) is 0 Å². The van der Waals surface area contributed by atoms with Crippen LogP contribution in [0.25, 0.3) is 21.9 Å². The number of methoxy groups -OCH3 is 1. The number of aromatic amines is 1. The SMILES string of the molecule is COc1ccc2nccc(C(O)CN3CCC(NCc4cc5cccnc5[nH]4)CC3)c2c1. The Morgan fingerprint density at radius 1 is 1.16 bits per heavy atom. The minimum atomic E-state index is -0.559. The van der Waals surface area contributed by atoms with Crippen molar-refractivity contribution in [3.8, 4) is 5.75 Å². The Balaban J connectivity index is 1.16. The molecule has 1 saturated heterocycles. The molecule has 7 heteroatoms. The number of aliphatic hydroxyl groups excluding tert-OH is 1. The van der Waals surface area contributed by atoms with E-state index >= 15 is 0 Å². The smallest absolute Gasteiger partial charge is 0.137 e. The first kappa shape index (κ1) is 20.9. The molecule has 0 spiro atoms. The molecule has 1 unspecified atom stereocenters. The lowest BCUT2D eigenvalue weighted by Crippen LogP contribution is -2.43. The summed E-state index contributed by atoms with van der Waals surface area (Å²) in [4.78, 5) is 14.5. The van der Waals surface area contributed by atoms with Crippen molar-refractivity contribution in [3.63, 3.8) is 0 Å².